The Balaban J connectivity index is 1.75. The van der Waals surface area contributed by atoms with Crippen LogP contribution in [0.2, 0.25) is 5.02 Å². The molecule has 2 heterocycles. The van der Waals surface area contributed by atoms with Crippen LogP contribution in [-0.2, 0) is 9.59 Å². The van der Waals surface area contributed by atoms with Gasteiger partial charge in [-0.25, -0.2) is 4.98 Å². The molecule has 1 aliphatic heterocycles. The number of amides is 2. The van der Waals surface area contributed by atoms with Gasteiger partial charge in [0.05, 0.1) is 0 Å². The van der Waals surface area contributed by atoms with Crippen LogP contribution in [0, 0.1) is 6.92 Å². The minimum Gasteiger partial charge on any atom is -0.480 e. The summed E-state index contributed by atoms with van der Waals surface area (Å²) in [4.78, 5) is 29.6. The lowest BCUT2D eigenvalue weighted by molar-refractivity contribution is -0.123. The molecular weight excluding hydrogens is 318 g/mol. The Morgan fingerprint density at radius 2 is 2.26 bits per heavy atom. The molecule has 0 unspecified atom stereocenters. The topological polar surface area (TPSA) is 71.5 Å². The molecule has 1 aliphatic rings. The van der Waals surface area contributed by atoms with Crippen molar-refractivity contribution in [1.29, 1.82) is 0 Å². The number of nitrogens with zero attached hydrogens (tertiary/aromatic N) is 2. The Labute approximate surface area is 138 Å². The highest BCUT2D eigenvalue weighted by atomic mass is 35.5. The monoisotopic (exact) mass is 331 g/mol. The van der Waals surface area contributed by atoms with E-state index in [4.69, 9.17) is 16.3 Å². The van der Waals surface area contributed by atoms with E-state index >= 15 is 0 Å². The van der Waals surface area contributed by atoms with Gasteiger partial charge in [0.25, 0.3) is 5.91 Å². The van der Waals surface area contributed by atoms with E-state index in [2.05, 4.69) is 10.3 Å². The van der Waals surface area contributed by atoms with E-state index in [0.29, 0.717) is 22.3 Å². The Hall–Kier alpha value is -2.60. The van der Waals surface area contributed by atoms with Gasteiger partial charge in [0, 0.05) is 16.9 Å². The molecule has 2 amide bonds. The summed E-state index contributed by atoms with van der Waals surface area (Å²) < 4.78 is 5.29. The van der Waals surface area contributed by atoms with E-state index < -0.39 is 0 Å². The standard InChI is InChI=1S/C16H14ClN3O3/c1-10-4-5-11(7-12(10)17)19-14(21)8-20-15(22)9-23-13-3-2-6-18-16(13)20/h2-7H,8-9H2,1H3,(H,19,21). The van der Waals surface area contributed by atoms with E-state index in [1.165, 1.54) is 4.90 Å². The molecular formula is C16H14ClN3O3. The van der Waals surface area contributed by atoms with Crippen LogP contribution in [0.3, 0.4) is 0 Å². The predicted molar refractivity (Wildman–Crippen MR) is 86.9 cm³/mol. The lowest BCUT2D eigenvalue weighted by atomic mass is 10.2. The van der Waals surface area contributed by atoms with Gasteiger partial charge in [0.2, 0.25) is 5.91 Å². The number of anilines is 2. The molecule has 0 bridgehead atoms. The minimum absolute atomic E-state index is 0.109. The summed E-state index contributed by atoms with van der Waals surface area (Å²) in [5.74, 6) is 0.184. The largest absolute Gasteiger partial charge is 0.480 e. The number of nitrogens with one attached hydrogen (secondary N) is 1. The van der Waals surface area contributed by atoms with Crippen molar-refractivity contribution < 1.29 is 14.3 Å². The highest BCUT2D eigenvalue weighted by Gasteiger charge is 2.28. The maximum Gasteiger partial charge on any atom is 0.266 e. The van der Waals surface area contributed by atoms with Gasteiger partial charge >= 0.3 is 0 Å². The molecule has 0 fully saturated rings. The summed E-state index contributed by atoms with van der Waals surface area (Å²) in [5.41, 5.74) is 1.50. The van der Waals surface area contributed by atoms with Gasteiger partial charge in [-0.15, -0.1) is 0 Å². The Bertz CT molecular complexity index is 779. The summed E-state index contributed by atoms with van der Waals surface area (Å²) in [6.45, 7) is 1.63. The third-order valence-electron chi connectivity index (χ3n) is 3.42. The smallest absolute Gasteiger partial charge is 0.266 e. The van der Waals surface area contributed by atoms with Crippen LogP contribution >= 0.6 is 11.6 Å². The third kappa shape index (κ3) is 3.27. The van der Waals surface area contributed by atoms with E-state index in [1.54, 1.807) is 30.5 Å². The second-order valence-electron chi connectivity index (χ2n) is 5.11. The molecule has 0 aliphatic carbocycles. The van der Waals surface area contributed by atoms with Crippen LogP contribution in [0.15, 0.2) is 36.5 Å². The van der Waals surface area contributed by atoms with Crippen molar-refractivity contribution >= 4 is 34.9 Å². The van der Waals surface area contributed by atoms with Gasteiger partial charge in [-0.1, -0.05) is 17.7 Å². The SMILES string of the molecule is Cc1ccc(NC(=O)CN2C(=O)COc3cccnc32)cc1Cl. The molecule has 0 atom stereocenters. The lowest BCUT2D eigenvalue weighted by Crippen LogP contribution is -2.43. The highest BCUT2D eigenvalue weighted by molar-refractivity contribution is 6.31. The van der Waals surface area contributed by atoms with Gasteiger partial charge in [0.15, 0.2) is 18.2 Å². The summed E-state index contributed by atoms with van der Waals surface area (Å²) in [7, 11) is 0. The van der Waals surface area contributed by atoms with E-state index in [0.717, 1.165) is 5.56 Å². The fraction of sp³-hybridized carbons (Fsp3) is 0.188. The molecule has 0 saturated carbocycles. The van der Waals surface area contributed by atoms with Gasteiger partial charge in [0.1, 0.15) is 6.54 Å². The van der Waals surface area contributed by atoms with Crippen LogP contribution in [-0.4, -0.2) is 29.9 Å². The fourth-order valence-electron chi connectivity index (χ4n) is 2.21. The number of fused-ring (bicyclic) bond motifs is 1. The number of halogens is 1. The molecule has 23 heavy (non-hydrogen) atoms. The van der Waals surface area contributed by atoms with E-state index in [1.807, 2.05) is 13.0 Å². The summed E-state index contributed by atoms with van der Waals surface area (Å²) in [6, 6.07) is 8.66. The molecule has 2 aromatic rings. The molecule has 1 aromatic heterocycles. The van der Waals surface area contributed by atoms with E-state index in [9.17, 15) is 9.59 Å². The number of carbonyl (C=O) groups is 2. The number of aromatic nitrogens is 1. The Morgan fingerprint density at radius 1 is 1.43 bits per heavy atom. The number of carbonyl (C=O) groups excluding carboxylic acids is 2. The fourth-order valence-corrected chi connectivity index (χ4v) is 2.39. The number of pyridine rings is 1. The molecule has 7 heteroatoms. The van der Waals surface area contributed by atoms with Crippen molar-refractivity contribution in [2.45, 2.75) is 6.92 Å². The van der Waals surface area contributed by atoms with Crippen molar-refractivity contribution in [3.63, 3.8) is 0 Å². The lowest BCUT2D eigenvalue weighted by Gasteiger charge is -2.27. The van der Waals surface area contributed by atoms with Gasteiger partial charge in [-0.3, -0.25) is 14.5 Å². The number of aryl methyl sites for hydroxylation is 1. The second-order valence-corrected chi connectivity index (χ2v) is 5.51. The predicted octanol–water partition coefficient (Wildman–Crippen LogP) is 2.41. The maximum atomic E-state index is 12.2. The summed E-state index contributed by atoms with van der Waals surface area (Å²) in [5, 5.41) is 3.29. The second kappa shape index (κ2) is 6.26. The van der Waals surface area contributed by atoms with Crippen molar-refractivity contribution in [2.24, 2.45) is 0 Å². The van der Waals surface area contributed by atoms with Crippen LogP contribution in [0.5, 0.6) is 5.75 Å². The van der Waals surface area contributed by atoms with Gasteiger partial charge < -0.3 is 10.1 Å². The average molecular weight is 332 g/mol. The summed E-state index contributed by atoms with van der Waals surface area (Å²) >= 11 is 6.04. The van der Waals surface area contributed by atoms with Crippen LogP contribution in [0.25, 0.3) is 0 Å². The number of ether oxygens (including phenoxy) is 1. The molecule has 1 aromatic carbocycles. The van der Waals surface area contributed by atoms with Crippen molar-refractivity contribution in [2.75, 3.05) is 23.4 Å². The molecule has 3 rings (SSSR count). The average Bonchev–Trinajstić information content (AvgIpc) is 2.54. The maximum absolute atomic E-state index is 12.2. The number of hydrogen-bond acceptors (Lipinski definition) is 4. The summed E-state index contributed by atoms with van der Waals surface area (Å²) in [6.07, 6.45) is 1.55. The normalized spacial score (nSPS) is 13.3. The zero-order chi connectivity index (χ0) is 16.4. The van der Waals surface area contributed by atoms with Crippen LogP contribution < -0.4 is 15.0 Å². The zero-order valence-electron chi connectivity index (χ0n) is 12.4. The number of benzene rings is 1. The van der Waals surface area contributed by atoms with Gasteiger partial charge in [-0.2, -0.15) is 0 Å². The first-order valence-corrected chi connectivity index (χ1v) is 7.36. The molecule has 1 N–H and O–H groups in total. The Morgan fingerprint density at radius 3 is 3.04 bits per heavy atom. The molecule has 0 spiro atoms. The number of rotatable bonds is 3. The van der Waals surface area contributed by atoms with Crippen LogP contribution in [0.4, 0.5) is 11.5 Å². The quantitative estimate of drug-likeness (QED) is 0.937. The first-order valence-electron chi connectivity index (χ1n) is 6.99. The highest BCUT2D eigenvalue weighted by Crippen LogP contribution is 2.28. The molecule has 118 valence electrons. The number of hydrogen-bond donors (Lipinski definition) is 1. The van der Waals surface area contributed by atoms with Crippen molar-refractivity contribution in [3.8, 4) is 5.75 Å². The first kappa shape index (κ1) is 15.3. The molecule has 0 saturated heterocycles. The first-order chi connectivity index (χ1) is 11.0. The zero-order valence-corrected chi connectivity index (χ0v) is 13.1. The van der Waals surface area contributed by atoms with Crippen LogP contribution in [0.1, 0.15) is 5.56 Å². The van der Waals surface area contributed by atoms with E-state index in [-0.39, 0.29) is 25.0 Å². The third-order valence-corrected chi connectivity index (χ3v) is 3.82. The van der Waals surface area contributed by atoms with Gasteiger partial charge in [-0.05, 0) is 36.8 Å². The Kier molecular flexibility index (Phi) is 4.16. The molecule has 6 nitrogen and oxygen atoms in total. The molecule has 0 radical (unpaired) electrons. The van der Waals surface area contributed by atoms with Crippen molar-refractivity contribution in [3.05, 3.63) is 47.1 Å². The minimum atomic E-state index is -0.336. The van der Waals surface area contributed by atoms with Crippen molar-refractivity contribution in [1.82, 2.24) is 4.98 Å².